The number of amides is 1. The van der Waals surface area contributed by atoms with Gasteiger partial charge in [-0.3, -0.25) is 9.69 Å². The summed E-state index contributed by atoms with van der Waals surface area (Å²) in [5.41, 5.74) is 2.30. The Labute approximate surface area is 182 Å². The lowest BCUT2D eigenvalue weighted by Crippen LogP contribution is -2.47. The minimum absolute atomic E-state index is 0.246. The average molecular weight is 430 g/mol. The molecule has 0 aromatic heterocycles. The summed E-state index contributed by atoms with van der Waals surface area (Å²) < 4.78 is 10.5. The van der Waals surface area contributed by atoms with Gasteiger partial charge in [0.05, 0.1) is 19.2 Å². The normalized spacial score (nSPS) is 17.0. The van der Waals surface area contributed by atoms with Crippen LogP contribution in [-0.2, 0) is 0 Å². The van der Waals surface area contributed by atoms with Gasteiger partial charge in [-0.1, -0.05) is 17.7 Å². The maximum Gasteiger partial charge on any atom is 0.255 e. The number of rotatable bonds is 7. The molecule has 1 saturated heterocycles. The highest BCUT2D eigenvalue weighted by atomic mass is 35.5. The van der Waals surface area contributed by atoms with Crippen LogP contribution in [0.2, 0.25) is 5.02 Å². The zero-order valence-corrected chi connectivity index (χ0v) is 18.2. The molecule has 2 aromatic carbocycles. The molecule has 0 bridgehead atoms. The van der Waals surface area contributed by atoms with Crippen LogP contribution in [-0.4, -0.2) is 57.8 Å². The zero-order chi connectivity index (χ0) is 21.1. The predicted octanol–water partition coefficient (Wildman–Crippen LogP) is 4.14. The number of methoxy groups -OCH3 is 2. The van der Waals surface area contributed by atoms with E-state index in [9.17, 15) is 4.79 Å². The number of anilines is 2. The van der Waals surface area contributed by atoms with Crippen LogP contribution in [0, 0.1) is 5.92 Å². The summed E-state index contributed by atoms with van der Waals surface area (Å²) in [7, 11) is 3.03. The number of ether oxygens (including phenoxy) is 2. The zero-order valence-electron chi connectivity index (χ0n) is 17.5. The van der Waals surface area contributed by atoms with Gasteiger partial charge in [-0.05, 0) is 49.1 Å². The van der Waals surface area contributed by atoms with Crippen molar-refractivity contribution in [1.29, 1.82) is 0 Å². The first-order valence-corrected chi connectivity index (χ1v) is 10.8. The fraction of sp³-hybridized carbons (Fsp3) is 0.435. The average Bonchev–Trinajstić information content (AvgIpc) is 3.58. The van der Waals surface area contributed by atoms with Crippen LogP contribution in [0.3, 0.4) is 0 Å². The molecule has 2 aliphatic rings. The third kappa shape index (κ3) is 4.82. The SMILES string of the molecule is COc1cc(C(=O)Nc2cccc(N3CCN(CC4CC4)CC3)c2)cc(Cl)c1OC. The van der Waals surface area contributed by atoms with Crippen molar-refractivity contribution < 1.29 is 14.3 Å². The highest BCUT2D eigenvalue weighted by molar-refractivity contribution is 6.32. The second kappa shape index (κ2) is 9.14. The molecule has 0 radical (unpaired) electrons. The Bertz CT molecular complexity index is 909. The number of nitrogens with zero attached hydrogens (tertiary/aromatic N) is 2. The predicted molar refractivity (Wildman–Crippen MR) is 120 cm³/mol. The monoisotopic (exact) mass is 429 g/mol. The number of halogens is 1. The summed E-state index contributed by atoms with van der Waals surface area (Å²) in [5, 5.41) is 3.30. The molecule has 4 rings (SSSR count). The molecule has 0 spiro atoms. The highest BCUT2D eigenvalue weighted by Crippen LogP contribution is 2.36. The molecule has 0 atom stereocenters. The van der Waals surface area contributed by atoms with Gasteiger partial charge >= 0.3 is 0 Å². The first-order valence-electron chi connectivity index (χ1n) is 10.4. The number of carbonyl (C=O) groups excluding carboxylic acids is 1. The molecule has 6 nitrogen and oxygen atoms in total. The van der Waals surface area contributed by atoms with Crippen LogP contribution in [0.25, 0.3) is 0 Å². The van der Waals surface area contributed by atoms with E-state index in [1.165, 1.54) is 33.6 Å². The van der Waals surface area contributed by atoms with Crippen LogP contribution in [0.4, 0.5) is 11.4 Å². The third-order valence-electron chi connectivity index (χ3n) is 5.75. The maximum absolute atomic E-state index is 12.8. The second-order valence-electron chi connectivity index (χ2n) is 7.93. The van der Waals surface area contributed by atoms with Crippen LogP contribution in [0.1, 0.15) is 23.2 Å². The summed E-state index contributed by atoms with van der Waals surface area (Å²) in [6.45, 7) is 5.46. The largest absolute Gasteiger partial charge is 0.493 e. The molecule has 160 valence electrons. The molecule has 1 aliphatic carbocycles. The van der Waals surface area contributed by atoms with Gasteiger partial charge in [0.1, 0.15) is 0 Å². The molecule has 2 fully saturated rings. The van der Waals surface area contributed by atoms with Crippen molar-refractivity contribution in [2.45, 2.75) is 12.8 Å². The molecule has 1 saturated carbocycles. The molecule has 1 aliphatic heterocycles. The van der Waals surface area contributed by atoms with E-state index in [0.717, 1.165) is 43.5 Å². The minimum Gasteiger partial charge on any atom is -0.493 e. The topological polar surface area (TPSA) is 54.0 Å². The summed E-state index contributed by atoms with van der Waals surface area (Å²) >= 11 is 6.24. The molecular weight excluding hydrogens is 402 g/mol. The van der Waals surface area contributed by atoms with E-state index in [4.69, 9.17) is 21.1 Å². The second-order valence-corrected chi connectivity index (χ2v) is 8.34. The lowest BCUT2D eigenvalue weighted by Gasteiger charge is -2.36. The van der Waals surface area contributed by atoms with Crippen molar-refractivity contribution in [3.63, 3.8) is 0 Å². The number of hydrogen-bond acceptors (Lipinski definition) is 5. The number of benzene rings is 2. The van der Waals surface area contributed by atoms with E-state index in [-0.39, 0.29) is 5.91 Å². The Hall–Kier alpha value is -2.44. The Morgan fingerprint density at radius 3 is 2.53 bits per heavy atom. The number of nitrogens with one attached hydrogen (secondary N) is 1. The minimum atomic E-state index is -0.246. The molecular formula is C23H28ClN3O3. The van der Waals surface area contributed by atoms with Crippen molar-refractivity contribution in [1.82, 2.24) is 4.90 Å². The maximum atomic E-state index is 12.8. The molecule has 7 heteroatoms. The Kier molecular flexibility index (Phi) is 6.35. The number of carbonyl (C=O) groups is 1. The van der Waals surface area contributed by atoms with Crippen LogP contribution >= 0.6 is 11.6 Å². The molecule has 0 unspecified atom stereocenters. The fourth-order valence-corrected chi connectivity index (χ4v) is 4.17. The Balaban J connectivity index is 1.42. The standard InChI is InChI=1S/C23H28ClN3O3/c1-29-21-13-17(12-20(24)22(21)30-2)23(28)25-18-4-3-5-19(14-18)27-10-8-26(9-11-27)15-16-6-7-16/h3-5,12-14,16H,6-11,15H2,1-2H3,(H,25,28). The lowest BCUT2D eigenvalue weighted by molar-refractivity contribution is 0.102. The van der Waals surface area contributed by atoms with E-state index in [1.807, 2.05) is 18.2 Å². The molecule has 1 N–H and O–H groups in total. The lowest BCUT2D eigenvalue weighted by atomic mass is 10.1. The Morgan fingerprint density at radius 1 is 1.10 bits per heavy atom. The molecule has 2 aromatic rings. The van der Waals surface area contributed by atoms with Crippen LogP contribution < -0.4 is 19.7 Å². The summed E-state index contributed by atoms with van der Waals surface area (Å²) in [6, 6.07) is 11.2. The molecule has 1 amide bonds. The Morgan fingerprint density at radius 2 is 1.87 bits per heavy atom. The molecule has 1 heterocycles. The van der Waals surface area contributed by atoms with Gasteiger partial charge < -0.3 is 19.7 Å². The molecule has 30 heavy (non-hydrogen) atoms. The van der Waals surface area contributed by atoms with E-state index < -0.39 is 0 Å². The van der Waals surface area contributed by atoms with E-state index >= 15 is 0 Å². The van der Waals surface area contributed by atoms with Crippen LogP contribution in [0.5, 0.6) is 11.5 Å². The van der Waals surface area contributed by atoms with Gasteiger partial charge in [-0.2, -0.15) is 0 Å². The van der Waals surface area contributed by atoms with E-state index in [1.54, 1.807) is 12.1 Å². The smallest absolute Gasteiger partial charge is 0.255 e. The fourth-order valence-electron chi connectivity index (χ4n) is 3.89. The summed E-state index contributed by atoms with van der Waals surface area (Å²) in [5.74, 6) is 1.52. The van der Waals surface area contributed by atoms with Crippen LogP contribution in [0.15, 0.2) is 36.4 Å². The van der Waals surface area contributed by atoms with Crippen molar-refractivity contribution >= 4 is 28.9 Å². The van der Waals surface area contributed by atoms with Gasteiger partial charge in [0.25, 0.3) is 5.91 Å². The number of piperazine rings is 1. The van der Waals surface area contributed by atoms with E-state index in [0.29, 0.717) is 22.1 Å². The summed E-state index contributed by atoms with van der Waals surface area (Å²) in [4.78, 5) is 17.7. The van der Waals surface area contributed by atoms with Gasteiger partial charge in [-0.25, -0.2) is 0 Å². The van der Waals surface area contributed by atoms with Crippen molar-refractivity contribution in [2.24, 2.45) is 5.92 Å². The van der Waals surface area contributed by atoms with Gasteiger partial charge in [0, 0.05) is 49.7 Å². The third-order valence-corrected chi connectivity index (χ3v) is 6.03. The van der Waals surface area contributed by atoms with Crippen molar-refractivity contribution in [2.75, 3.05) is 57.2 Å². The highest BCUT2D eigenvalue weighted by Gasteiger charge is 2.26. The van der Waals surface area contributed by atoms with Gasteiger partial charge in [0.15, 0.2) is 11.5 Å². The van der Waals surface area contributed by atoms with Gasteiger partial charge in [0.2, 0.25) is 0 Å². The first-order chi connectivity index (χ1) is 14.6. The van der Waals surface area contributed by atoms with Crippen molar-refractivity contribution in [3.8, 4) is 11.5 Å². The van der Waals surface area contributed by atoms with E-state index in [2.05, 4.69) is 21.2 Å². The quantitative estimate of drug-likeness (QED) is 0.716. The van der Waals surface area contributed by atoms with Crippen molar-refractivity contribution in [3.05, 3.63) is 47.0 Å². The summed E-state index contributed by atoms with van der Waals surface area (Å²) in [6.07, 6.45) is 2.79. The first kappa shape index (κ1) is 20.8. The van der Waals surface area contributed by atoms with Gasteiger partial charge in [-0.15, -0.1) is 0 Å². The number of hydrogen-bond donors (Lipinski definition) is 1.